The van der Waals surface area contributed by atoms with Gasteiger partial charge in [0.15, 0.2) is 0 Å². The van der Waals surface area contributed by atoms with E-state index >= 15 is 0 Å². The molecule has 2 N–H and O–H groups in total. The molecule has 0 spiro atoms. The predicted molar refractivity (Wildman–Crippen MR) is 70.1 cm³/mol. The molecule has 0 aromatic carbocycles. The third-order valence-electron chi connectivity index (χ3n) is 2.57. The Balaban J connectivity index is 2.63. The van der Waals surface area contributed by atoms with E-state index in [9.17, 15) is 4.79 Å². The van der Waals surface area contributed by atoms with Crippen molar-refractivity contribution in [2.75, 3.05) is 0 Å². The summed E-state index contributed by atoms with van der Waals surface area (Å²) in [6.45, 7) is 4.27. The van der Waals surface area contributed by atoms with E-state index in [4.69, 9.17) is 5.73 Å². The minimum Gasteiger partial charge on any atom is -0.324 e. The molecule has 0 bridgehead atoms. The Morgan fingerprint density at radius 3 is 2.88 bits per heavy atom. The van der Waals surface area contributed by atoms with Crippen LogP contribution in [0.5, 0.6) is 0 Å². The number of nitrogens with zero attached hydrogens (tertiary/aromatic N) is 2. The quantitative estimate of drug-likeness (QED) is 0.905. The summed E-state index contributed by atoms with van der Waals surface area (Å²) in [7, 11) is 0. The van der Waals surface area contributed by atoms with Crippen LogP contribution in [0.3, 0.4) is 0 Å². The SMILES string of the molecule is CCn1nc(-c2cccs2)cc(C(C)N)c1=O. The normalized spacial score (nSPS) is 12.6. The fourth-order valence-corrected chi connectivity index (χ4v) is 2.33. The average molecular weight is 249 g/mol. The van der Waals surface area contributed by atoms with Crippen LogP contribution in [0.4, 0.5) is 0 Å². The highest BCUT2D eigenvalue weighted by molar-refractivity contribution is 7.13. The van der Waals surface area contributed by atoms with Crippen molar-refractivity contribution in [2.24, 2.45) is 5.73 Å². The first-order valence-electron chi connectivity index (χ1n) is 5.55. The van der Waals surface area contributed by atoms with Crippen molar-refractivity contribution in [3.05, 3.63) is 39.5 Å². The van der Waals surface area contributed by atoms with Gasteiger partial charge in [0, 0.05) is 18.2 Å². The Labute approximate surface area is 104 Å². The maximum Gasteiger partial charge on any atom is 0.271 e. The molecule has 0 saturated heterocycles. The fourth-order valence-electron chi connectivity index (χ4n) is 1.65. The van der Waals surface area contributed by atoms with Crippen LogP contribution in [0, 0.1) is 0 Å². The molecule has 1 unspecified atom stereocenters. The Morgan fingerprint density at radius 1 is 1.59 bits per heavy atom. The third-order valence-corrected chi connectivity index (χ3v) is 3.46. The van der Waals surface area contributed by atoms with Crippen LogP contribution in [-0.4, -0.2) is 9.78 Å². The highest BCUT2D eigenvalue weighted by Gasteiger charge is 2.12. The number of hydrogen-bond acceptors (Lipinski definition) is 4. The molecule has 17 heavy (non-hydrogen) atoms. The van der Waals surface area contributed by atoms with Gasteiger partial charge in [-0.05, 0) is 31.4 Å². The Morgan fingerprint density at radius 2 is 2.35 bits per heavy atom. The summed E-state index contributed by atoms with van der Waals surface area (Å²) in [6.07, 6.45) is 0. The predicted octanol–water partition coefficient (Wildman–Crippen LogP) is 2.01. The van der Waals surface area contributed by atoms with Crippen LogP contribution in [0.25, 0.3) is 10.6 Å². The summed E-state index contributed by atoms with van der Waals surface area (Å²) in [5, 5.41) is 6.33. The van der Waals surface area contributed by atoms with Crippen molar-refractivity contribution in [2.45, 2.75) is 26.4 Å². The minimum absolute atomic E-state index is 0.0946. The number of rotatable bonds is 3. The second-order valence-corrected chi connectivity index (χ2v) is 4.82. The topological polar surface area (TPSA) is 60.9 Å². The molecule has 0 aliphatic rings. The first kappa shape index (κ1) is 12.0. The van der Waals surface area contributed by atoms with E-state index in [1.54, 1.807) is 17.4 Å². The molecule has 0 fully saturated rings. The van der Waals surface area contributed by atoms with Crippen LogP contribution < -0.4 is 11.3 Å². The number of thiophene rings is 1. The lowest BCUT2D eigenvalue weighted by molar-refractivity contribution is 0.601. The van der Waals surface area contributed by atoms with Gasteiger partial charge in [0.1, 0.15) is 5.69 Å². The summed E-state index contributed by atoms with van der Waals surface area (Å²) < 4.78 is 1.47. The van der Waals surface area contributed by atoms with Crippen LogP contribution >= 0.6 is 11.3 Å². The molecule has 5 heteroatoms. The molecule has 0 saturated carbocycles. The summed E-state index contributed by atoms with van der Waals surface area (Å²) in [5.74, 6) is 0. The molecule has 0 aliphatic heterocycles. The number of nitrogens with two attached hydrogens (primary N) is 1. The number of aromatic nitrogens is 2. The number of hydrogen-bond donors (Lipinski definition) is 1. The van der Waals surface area contributed by atoms with Gasteiger partial charge in [0.05, 0.1) is 4.88 Å². The first-order chi connectivity index (χ1) is 8.13. The molecule has 0 radical (unpaired) electrons. The number of aryl methyl sites for hydroxylation is 1. The van der Waals surface area contributed by atoms with E-state index in [1.165, 1.54) is 4.68 Å². The van der Waals surface area contributed by atoms with Crippen molar-refractivity contribution in [1.82, 2.24) is 9.78 Å². The lowest BCUT2D eigenvalue weighted by atomic mass is 10.1. The van der Waals surface area contributed by atoms with Gasteiger partial charge >= 0.3 is 0 Å². The van der Waals surface area contributed by atoms with E-state index < -0.39 is 0 Å². The molecule has 2 aromatic heterocycles. The maximum atomic E-state index is 12.0. The second-order valence-electron chi connectivity index (χ2n) is 3.87. The van der Waals surface area contributed by atoms with Gasteiger partial charge in [-0.1, -0.05) is 6.07 Å². The van der Waals surface area contributed by atoms with E-state index in [0.717, 1.165) is 10.6 Å². The molecule has 0 amide bonds. The van der Waals surface area contributed by atoms with E-state index in [-0.39, 0.29) is 11.6 Å². The summed E-state index contributed by atoms with van der Waals surface area (Å²) in [6, 6.07) is 5.48. The zero-order valence-corrected chi connectivity index (χ0v) is 10.7. The van der Waals surface area contributed by atoms with Gasteiger partial charge in [-0.15, -0.1) is 11.3 Å². The maximum absolute atomic E-state index is 12.0. The summed E-state index contributed by atoms with van der Waals surface area (Å²) in [4.78, 5) is 13.0. The second kappa shape index (κ2) is 4.81. The van der Waals surface area contributed by atoms with Crippen LogP contribution in [0.2, 0.25) is 0 Å². The van der Waals surface area contributed by atoms with Gasteiger partial charge in [0.2, 0.25) is 0 Å². The smallest absolute Gasteiger partial charge is 0.271 e. The largest absolute Gasteiger partial charge is 0.324 e. The Hall–Kier alpha value is -1.46. The van der Waals surface area contributed by atoms with Gasteiger partial charge in [-0.2, -0.15) is 5.10 Å². The van der Waals surface area contributed by atoms with E-state index in [0.29, 0.717) is 12.1 Å². The molecular formula is C12H15N3OS. The molecule has 2 heterocycles. The monoisotopic (exact) mass is 249 g/mol. The zero-order valence-electron chi connectivity index (χ0n) is 9.88. The molecule has 90 valence electrons. The van der Waals surface area contributed by atoms with Crippen molar-refractivity contribution >= 4 is 11.3 Å². The highest BCUT2D eigenvalue weighted by Crippen LogP contribution is 2.23. The summed E-state index contributed by atoms with van der Waals surface area (Å²) in [5.41, 5.74) is 7.16. The lowest BCUT2D eigenvalue weighted by Crippen LogP contribution is -2.29. The average Bonchev–Trinajstić information content (AvgIpc) is 2.82. The standard InChI is InChI=1S/C12H15N3OS/c1-3-15-12(16)9(8(2)13)7-10(14-15)11-5-4-6-17-11/h4-8H,3,13H2,1-2H3. The summed E-state index contributed by atoms with van der Waals surface area (Å²) >= 11 is 1.60. The van der Waals surface area contributed by atoms with Crippen molar-refractivity contribution in [3.8, 4) is 10.6 Å². The van der Waals surface area contributed by atoms with Crippen molar-refractivity contribution < 1.29 is 0 Å². The van der Waals surface area contributed by atoms with Crippen molar-refractivity contribution in [1.29, 1.82) is 0 Å². The third kappa shape index (κ3) is 2.30. The molecule has 0 aliphatic carbocycles. The van der Waals surface area contributed by atoms with Gasteiger partial charge in [-0.25, -0.2) is 4.68 Å². The van der Waals surface area contributed by atoms with Gasteiger partial charge in [0.25, 0.3) is 5.56 Å². The molecule has 1 atom stereocenters. The van der Waals surface area contributed by atoms with Crippen LogP contribution in [0.1, 0.15) is 25.5 Å². The lowest BCUT2D eigenvalue weighted by Gasteiger charge is -2.10. The zero-order chi connectivity index (χ0) is 12.4. The molecular weight excluding hydrogens is 234 g/mol. The minimum atomic E-state index is -0.276. The van der Waals surface area contributed by atoms with Crippen molar-refractivity contribution in [3.63, 3.8) is 0 Å². The molecule has 2 aromatic rings. The van der Waals surface area contributed by atoms with Gasteiger partial charge in [-0.3, -0.25) is 4.79 Å². The molecule has 2 rings (SSSR count). The van der Waals surface area contributed by atoms with Crippen LogP contribution in [0.15, 0.2) is 28.4 Å². The van der Waals surface area contributed by atoms with E-state index in [1.807, 2.05) is 31.4 Å². The van der Waals surface area contributed by atoms with Gasteiger partial charge < -0.3 is 5.73 Å². The van der Waals surface area contributed by atoms with E-state index in [2.05, 4.69) is 5.10 Å². The Kier molecular flexibility index (Phi) is 3.40. The Bertz CT molecular complexity index is 558. The highest BCUT2D eigenvalue weighted by atomic mass is 32.1. The molecule has 4 nitrogen and oxygen atoms in total. The van der Waals surface area contributed by atoms with Crippen LogP contribution in [-0.2, 0) is 6.54 Å². The first-order valence-corrected chi connectivity index (χ1v) is 6.43. The fraction of sp³-hybridized carbons (Fsp3) is 0.333.